The number of benzene rings is 3. The normalized spacial score (nSPS) is 24.6. The second kappa shape index (κ2) is 8.31. The Hall–Kier alpha value is -3.18. The van der Waals surface area contributed by atoms with Crippen molar-refractivity contribution in [2.75, 3.05) is 26.2 Å². The topological polar surface area (TPSA) is 28.1 Å². The fourth-order valence-electron chi connectivity index (χ4n) is 5.51. The predicted octanol–water partition coefficient (Wildman–Crippen LogP) is 4.80. The maximum absolute atomic E-state index is 13.7. The molecule has 3 aromatic rings. The van der Waals surface area contributed by atoms with Gasteiger partial charge in [-0.05, 0) is 40.8 Å². The van der Waals surface area contributed by atoms with Crippen molar-refractivity contribution >= 4 is 6.02 Å². The molecule has 3 aliphatic heterocycles. The molecular formula is C28H28FN3O. The van der Waals surface area contributed by atoms with Gasteiger partial charge >= 0.3 is 0 Å². The summed E-state index contributed by atoms with van der Waals surface area (Å²) < 4.78 is 20.3. The van der Waals surface area contributed by atoms with E-state index in [2.05, 4.69) is 64.4 Å². The number of halogens is 1. The number of nitrogens with zero attached hydrogens (tertiary/aromatic N) is 3. The minimum Gasteiger partial charge on any atom is -0.455 e. The highest BCUT2D eigenvalue weighted by atomic mass is 19.1. The number of rotatable bonds is 3. The van der Waals surface area contributed by atoms with Crippen LogP contribution in [0, 0.1) is 5.82 Å². The molecule has 0 amide bonds. The van der Waals surface area contributed by atoms with Crippen molar-refractivity contribution in [3.63, 3.8) is 0 Å². The van der Waals surface area contributed by atoms with Crippen LogP contribution in [0.5, 0.6) is 0 Å². The van der Waals surface area contributed by atoms with E-state index in [1.807, 2.05) is 12.1 Å². The average Bonchev–Trinajstić information content (AvgIpc) is 3.45. The summed E-state index contributed by atoms with van der Waals surface area (Å²) in [7, 11) is 0. The van der Waals surface area contributed by atoms with Gasteiger partial charge in [0.15, 0.2) is 0 Å². The molecule has 1 spiro atoms. The number of hydrogen-bond donors (Lipinski definition) is 0. The molecule has 0 aromatic heterocycles. The summed E-state index contributed by atoms with van der Waals surface area (Å²) in [6.45, 7) is 4.38. The number of aliphatic imine (C=N–C) groups is 1. The van der Waals surface area contributed by atoms with Crippen LogP contribution < -0.4 is 0 Å². The summed E-state index contributed by atoms with van der Waals surface area (Å²) in [6.07, 6.45) is 1.93. The van der Waals surface area contributed by atoms with Crippen molar-refractivity contribution in [1.29, 1.82) is 0 Å². The summed E-state index contributed by atoms with van der Waals surface area (Å²) >= 11 is 0. The largest absolute Gasteiger partial charge is 0.455 e. The molecule has 3 aromatic carbocycles. The first-order valence-corrected chi connectivity index (χ1v) is 11.8. The van der Waals surface area contributed by atoms with Crippen molar-refractivity contribution in [1.82, 2.24) is 9.80 Å². The van der Waals surface area contributed by atoms with Crippen molar-refractivity contribution in [3.8, 4) is 0 Å². The lowest BCUT2D eigenvalue weighted by molar-refractivity contribution is 0.0691. The molecule has 33 heavy (non-hydrogen) atoms. The summed E-state index contributed by atoms with van der Waals surface area (Å²) in [5, 5.41) is 0. The van der Waals surface area contributed by atoms with Crippen LogP contribution in [0.15, 0.2) is 83.9 Å². The zero-order chi connectivity index (χ0) is 22.3. The van der Waals surface area contributed by atoms with Gasteiger partial charge in [-0.3, -0.25) is 4.90 Å². The molecule has 1 fully saturated rings. The number of amidine groups is 1. The Bertz CT molecular complexity index is 1160. The van der Waals surface area contributed by atoms with Crippen molar-refractivity contribution in [2.45, 2.75) is 31.0 Å². The lowest BCUT2D eigenvalue weighted by Crippen LogP contribution is -2.44. The molecule has 0 radical (unpaired) electrons. The van der Waals surface area contributed by atoms with Gasteiger partial charge in [0, 0.05) is 32.6 Å². The van der Waals surface area contributed by atoms with E-state index in [0.717, 1.165) is 50.6 Å². The van der Waals surface area contributed by atoms with Crippen LogP contribution in [0.25, 0.3) is 0 Å². The van der Waals surface area contributed by atoms with Gasteiger partial charge < -0.3 is 9.64 Å². The molecule has 0 saturated carbocycles. The molecular weight excluding hydrogens is 413 g/mol. The van der Waals surface area contributed by atoms with Crippen molar-refractivity contribution in [3.05, 3.63) is 107 Å². The standard InChI is InChI=1S/C28H28FN3O/c29-24-12-10-23(11-13-24)26-25-9-5-4-8-22(25)14-16-32(26)27-30-19-28(33-27)15-17-31(20-28)18-21-6-2-1-3-7-21/h1-13,26H,14-20H2/t26-,28?/m0/s1. The molecule has 0 N–H and O–H groups in total. The molecule has 6 rings (SSSR count). The second-order valence-electron chi connectivity index (χ2n) is 9.43. The molecule has 4 nitrogen and oxygen atoms in total. The van der Waals surface area contributed by atoms with E-state index < -0.39 is 0 Å². The Morgan fingerprint density at radius 3 is 2.58 bits per heavy atom. The van der Waals surface area contributed by atoms with Crippen molar-refractivity contribution in [2.24, 2.45) is 4.99 Å². The molecule has 0 bridgehead atoms. The van der Waals surface area contributed by atoms with E-state index >= 15 is 0 Å². The number of fused-ring (bicyclic) bond motifs is 1. The van der Waals surface area contributed by atoms with Crippen LogP contribution in [0.4, 0.5) is 4.39 Å². The third-order valence-electron chi connectivity index (χ3n) is 7.17. The van der Waals surface area contributed by atoms with Gasteiger partial charge in [-0.1, -0.05) is 66.7 Å². The Labute approximate surface area is 194 Å². The number of hydrogen-bond acceptors (Lipinski definition) is 4. The molecule has 0 aliphatic carbocycles. The first-order chi connectivity index (χ1) is 16.2. The average molecular weight is 442 g/mol. The minimum atomic E-state index is -0.242. The van der Waals surface area contributed by atoms with Crippen molar-refractivity contribution < 1.29 is 9.13 Å². The highest BCUT2D eigenvalue weighted by molar-refractivity contribution is 5.78. The SMILES string of the molecule is Fc1ccc([C@H]2c3ccccc3CCN2C2=NCC3(CCN(Cc4ccccc4)C3)O2)cc1. The molecule has 1 saturated heterocycles. The van der Waals surface area contributed by atoms with Gasteiger partial charge in [-0.2, -0.15) is 0 Å². The lowest BCUT2D eigenvalue weighted by atomic mass is 9.88. The fourth-order valence-corrected chi connectivity index (χ4v) is 5.51. The first kappa shape index (κ1) is 20.4. The molecule has 3 aliphatic rings. The maximum atomic E-state index is 13.7. The van der Waals surface area contributed by atoms with Gasteiger partial charge in [0.25, 0.3) is 6.02 Å². The summed E-state index contributed by atoms with van der Waals surface area (Å²) in [4.78, 5) is 9.67. The molecule has 3 heterocycles. The third kappa shape index (κ3) is 3.91. The van der Waals surface area contributed by atoms with E-state index in [1.54, 1.807) is 12.1 Å². The number of ether oxygens (including phenoxy) is 1. The Balaban J connectivity index is 1.23. The summed E-state index contributed by atoms with van der Waals surface area (Å²) in [6, 6.07) is 26.7. The molecule has 168 valence electrons. The van der Waals surface area contributed by atoms with Gasteiger partial charge in [-0.15, -0.1) is 0 Å². The van der Waals surface area contributed by atoms with Gasteiger partial charge in [0.05, 0.1) is 12.6 Å². The quantitative estimate of drug-likeness (QED) is 0.584. The van der Waals surface area contributed by atoms with E-state index in [-0.39, 0.29) is 17.5 Å². The maximum Gasteiger partial charge on any atom is 0.288 e. The van der Waals surface area contributed by atoms with Gasteiger partial charge in [0.1, 0.15) is 11.4 Å². The predicted molar refractivity (Wildman–Crippen MR) is 128 cm³/mol. The Morgan fingerprint density at radius 1 is 0.939 bits per heavy atom. The monoisotopic (exact) mass is 441 g/mol. The fraction of sp³-hybridized carbons (Fsp3) is 0.321. The van der Waals surface area contributed by atoms with Gasteiger partial charge in [-0.25, -0.2) is 9.38 Å². The van der Waals surface area contributed by atoms with Crippen LogP contribution in [0.1, 0.15) is 34.7 Å². The van der Waals surface area contributed by atoms with Crippen LogP contribution in [-0.4, -0.2) is 47.6 Å². The van der Waals surface area contributed by atoms with E-state index in [0.29, 0.717) is 6.54 Å². The first-order valence-electron chi connectivity index (χ1n) is 11.8. The van der Waals surface area contributed by atoms with Gasteiger partial charge in [0.2, 0.25) is 0 Å². The molecule has 2 atom stereocenters. The van der Waals surface area contributed by atoms with E-state index in [4.69, 9.17) is 9.73 Å². The summed E-state index contributed by atoms with van der Waals surface area (Å²) in [5.41, 5.74) is 4.74. The van der Waals surface area contributed by atoms with Crippen LogP contribution in [0.2, 0.25) is 0 Å². The second-order valence-corrected chi connectivity index (χ2v) is 9.43. The lowest BCUT2D eigenvalue weighted by Gasteiger charge is -2.39. The Morgan fingerprint density at radius 2 is 1.73 bits per heavy atom. The van der Waals surface area contributed by atoms with Crippen LogP contribution >= 0.6 is 0 Å². The summed E-state index contributed by atoms with van der Waals surface area (Å²) in [5.74, 6) is -0.215. The number of likely N-dealkylation sites (tertiary alicyclic amines) is 1. The van der Waals surface area contributed by atoms with Crippen LogP contribution in [0.3, 0.4) is 0 Å². The van der Waals surface area contributed by atoms with E-state index in [9.17, 15) is 4.39 Å². The Kier molecular flexibility index (Phi) is 5.14. The zero-order valence-electron chi connectivity index (χ0n) is 18.7. The highest BCUT2D eigenvalue weighted by Gasteiger charge is 2.46. The zero-order valence-corrected chi connectivity index (χ0v) is 18.7. The molecule has 5 heteroatoms. The minimum absolute atomic E-state index is 0.0220. The highest BCUT2D eigenvalue weighted by Crippen LogP contribution is 2.39. The van der Waals surface area contributed by atoms with Crippen LogP contribution in [-0.2, 0) is 17.7 Å². The molecule has 1 unspecified atom stereocenters. The smallest absolute Gasteiger partial charge is 0.288 e. The van der Waals surface area contributed by atoms with E-state index in [1.165, 1.54) is 16.7 Å². The third-order valence-corrected chi connectivity index (χ3v) is 7.17.